The molecule has 1 amide bonds. The van der Waals surface area contributed by atoms with Crippen molar-refractivity contribution < 1.29 is 9.53 Å². The molecule has 6 nitrogen and oxygen atoms in total. The summed E-state index contributed by atoms with van der Waals surface area (Å²) in [5.74, 6) is 0.625. The topological polar surface area (TPSA) is 79.0 Å². The molecule has 0 bridgehead atoms. The number of nitrogens with one attached hydrogen (secondary N) is 3. The van der Waals surface area contributed by atoms with Gasteiger partial charge in [-0.3, -0.25) is 9.89 Å². The first-order chi connectivity index (χ1) is 9.78. The summed E-state index contributed by atoms with van der Waals surface area (Å²) in [6, 6.07) is 5.76. The lowest BCUT2D eigenvalue weighted by Crippen LogP contribution is -2.42. The minimum absolute atomic E-state index is 0.117. The molecule has 0 radical (unpaired) electrons. The molecule has 1 aliphatic rings. The average Bonchev–Trinajstić information content (AvgIpc) is 2.91. The minimum atomic E-state index is -0.117. The van der Waals surface area contributed by atoms with Crippen molar-refractivity contribution in [3.05, 3.63) is 23.9 Å². The Morgan fingerprint density at radius 2 is 2.20 bits per heavy atom. The normalized spacial score (nSPS) is 16.2. The molecule has 0 saturated carbocycles. The van der Waals surface area contributed by atoms with Crippen molar-refractivity contribution in [2.45, 2.75) is 18.9 Å². The van der Waals surface area contributed by atoms with Gasteiger partial charge in [0.05, 0.1) is 12.6 Å². The van der Waals surface area contributed by atoms with Gasteiger partial charge in [-0.1, -0.05) is 0 Å². The van der Waals surface area contributed by atoms with Crippen molar-refractivity contribution in [3.63, 3.8) is 0 Å². The van der Waals surface area contributed by atoms with E-state index in [0.717, 1.165) is 42.6 Å². The molecule has 3 rings (SSSR count). The summed E-state index contributed by atoms with van der Waals surface area (Å²) in [6.07, 6.45) is 1.92. The highest BCUT2D eigenvalue weighted by atomic mass is 16.5. The fourth-order valence-corrected chi connectivity index (χ4v) is 2.52. The van der Waals surface area contributed by atoms with Gasteiger partial charge in [-0.25, -0.2) is 0 Å². The number of carbonyl (C=O) groups is 1. The first-order valence-electron chi connectivity index (χ1n) is 6.81. The molecule has 1 aromatic heterocycles. The smallest absolute Gasteiger partial charge is 0.272 e. The molecule has 0 atom stereocenters. The van der Waals surface area contributed by atoms with Crippen LogP contribution in [0, 0.1) is 0 Å². The van der Waals surface area contributed by atoms with Crippen molar-refractivity contribution in [1.82, 2.24) is 20.8 Å². The third-order valence-corrected chi connectivity index (χ3v) is 3.66. The van der Waals surface area contributed by atoms with E-state index in [1.807, 2.05) is 18.2 Å². The van der Waals surface area contributed by atoms with E-state index < -0.39 is 0 Å². The van der Waals surface area contributed by atoms with Gasteiger partial charge in [-0.2, -0.15) is 5.10 Å². The second kappa shape index (κ2) is 5.50. The summed E-state index contributed by atoms with van der Waals surface area (Å²) >= 11 is 0. The number of carbonyl (C=O) groups excluding carboxylic acids is 1. The third kappa shape index (κ3) is 2.46. The number of amides is 1. The average molecular weight is 274 g/mol. The van der Waals surface area contributed by atoms with E-state index in [0.29, 0.717) is 5.69 Å². The second-order valence-corrected chi connectivity index (χ2v) is 4.98. The molecule has 0 unspecified atom stereocenters. The molecular weight excluding hydrogens is 256 g/mol. The lowest BCUT2D eigenvalue weighted by Gasteiger charge is -2.23. The highest BCUT2D eigenvalue weighted by molar-refractivity contribution is 6.05. The van der Waals surface area contributed by atoms with E-state index >= 15 is 0 Å². The maximum absolute atomic E-state index is 12.3. The lowest BCUT2D eigenvalue weighted by atomic mass is 10.1. The second-order valence-electron chi connectivity index (χ2n) is 4.98. The Bertz CT molecular complexity index is 617. The number of hydrogen-bond acceptors (Lipinski definition) is 4. The van der Waals surface area contributed by atoms with E-state index in [-0.39, 0.29) is 11.9 Å². The lowest BCUT2D eigenvalue weighted by molar-refractivity contribution is 0.0926. The summed E-state index contributed by atoms with van der Waals surface area (Å²) in [5, 5.41) is 14.1. The third-order valence-electron chi connectivity index (χ3n) is 3.66. The summed E-state index contributed by atoms with van der Waals surface area (Å²) in [5.41, 5.74) is 1.25. The van der Waals surface area contributed by atoms with Crippen LogP contribution >= 0.6 is 0 Å². The minimum Gasteiger partial charge on any atom is -0.497 e. The molecule has 6 heteroatoms. The zero-order chi connectivity index (χ0) is 13.9. The standard InChI is InChI=1S/C14H18N4O2/c1-20-10-2-3-11-12(8-10)17-18-13(11)14(19)16-9-4-6-15-7-5-9/h2-3,8-9,15H,4-7H2,1H3,(H,16,19)(H,17,18). The van der Waals surface area contributed by atoms with Crippen molar-refractivity contribution in [1.29, 1.82) is 0 Å². The molecule has 2 aromatic rings. The zero-order valence-corrected chi connectivity index (χ0v) is 11.4. The summed E-state index contributed by atoms with van der Waals surface area (Å²) in [7, 11) is 1.61. The number of H-pyrrole nitrogens is 1. The fraction of sp³-hybridized carbons (Fsp3) is 0.429. The van der Waals surface area contributed by atoms with Gasteiger partial charge in [0, 0.05) is 17.5 Å². The number of aromatic amines is 1. The molecule has 1 fully saturated rings. The van der Waals surface area contributed by atoms with Crippen LogP contribution in [0.15, 0.2) is 18.2 Å². The molecule has 2 heterocycles. The van der Waals surface area contributed by atoms with Gasteiger partial charge in [-0.15, -0.1) is 0 Å². The van der Waals surface area contributed by atoms with Gasteiger partial charge in [-0.05, 0) is 38.1 Å². The van der Waals surface area contributed by atoms with E-state index in [1.165, 1.54) is 0 Å². The SMILES string of the molecule is COc1ccc2c(C(=O)NC3CCNCC3)n[nH]c2c1. The molecule has 3 N–H and O–H groups in total. The first-order valence-corrected chi connectivity index (χ1v) is 6.81. The molecule has 1 aliphatic heterocycles. The van der Waals surface area contributed by atoms with Crippen LogP contribution in [0.4, 0.5) is 0 Å². The largest absolute Gasteiger partial charge is 0.497 e. The van der Waals surface area contributed by atoms with E-state index in [2.05, 4.69) is 20.8 Å². The van der Waals surface area contributed by atoms with Gasteiger partial charge in [0.1, 0.15) is 5.75 Å². The van der Waals surface area contributed by atoms with Crippen LogP contribution in [-0.4, -0.2) is 42.3 Å². The van der Waals surface area contributed by atoms with Gasteiger partial charge < -0.3 is 15.4 Å². The summed E-state index contributed by atoms with van der Waals surface area (Å²) in [6.45, 7) is 1.90. The number of ether oxygens (including phenoxy) is 1. The maximum atomic E-state index is 12.3. The Labute approximate surface area is 116 Å². The zero-order valence-electron chi connectivity index (χ0n) is 11.4. The number of nitrogens with zero attached hydrogens (tertiary/aromatic N) is 1. The molecule has 106 valence electrons. The number of benzene rings is 1. The Kier molecular flexibility index (Phi) is 3.56. The van der Waals surface area contributed by atoms with Gasteiger partial charge in [0.25, 0.3) is 5.91 Å². The van der Waals surface area contributed by atoms with Crippen LogP contribution in [0.3, 0.4) is 0 Å². The first kappa shape index (κ1) is 12.9. The van der Waals surface area contributed by atoms with Crippen molar-refractivity contribution in [2.24, 2.45) is 0 Å². The predicted octanol–water partition coefficient (Wildman–Crippen LogP) is 1.05. The highest BCUT2D eigenvalue weighted by Crippen LogP contribution is 2.21. The van der Waals surface area contributed by atoms with Crippen molar-refractivity contribution in [3.8, 4) is 5.75 Å². The van der Waals surface area contributed by atoms with Crippen LogP contribution < -0.4 is 15.4 Å². The molecule has 0 aliphatic carbocycles. The van der Waals surface area contributed by atoms with Gasteiger partial charge in [0.2, 0.25) is 0 Å². The Morgan fingerprint density at radius 1 is 1.40 bits per heavy atom. The molecule has 20 heavy (non-hydrogen) atoms. The summed E-state index contributed by atoms with van der Waals surface area (Å²) in [4.78, 5) is 12.3. The number of piperidine rings is 1. The van der Waals surface area contributed by atoms with Gasteiger partial charge in [0.15, 0.2) is 5.69 Å². The maximum Gasteiger partial charge on any atom is 0.272 e. The van der Waals surface area contributed by atoms with E-state index in [4.69, 9.17) is 4.74 Å². The number of methoxy groups -OCH3 is 1. The Hall–Kier alpha value is -2.08. The van der Waals surface area contributed by atoms with Crippen LogP contribution in [0.1, 0.15) is 23.3 Å². The van der Waals surface area contributed by atoms with E-state index in [1.54, 1.807) is 7.11 Å². The Morgan fingerprint density at radius 3 is 2.95 bits per heavy atom. The number of hydrogen-bond donors (Lipinski definition) is 3. The van der Waals surface area contributed by atoms with Crippen LogP contribution in [0.5, 0.6) is 5.75 Å². The Balaban J connectivity index is 1.80. The molecule has 1 aromatic carbocycles. The summed E-state index contributed by atoms with van der Waals surface area (Å²) < 4.78 is 5.16. The van der Waals surface area contributed by atoms with Gasteiger partial charge >= 0.3 is 0 Å². The predicted molar refractivity (Wildman–Crippen MR) is 76.0 cm³/mol. The fourth-order valence-electron chi connectivity index (χ4n) is 2.52. The van der Waals surface area contributed by atoms with Crippen molar-refractivity contribution >= 4 is 16.8 Å². The molecule has 1 saturated heterocycles. The molecule has 0 spiro atoms. The van der Waals surface area contributed by atoms with E-state index in [9.17, 15) is 4.79 Å². The number of aromatic nitrogens is 2. The van der Waals surface area contributed by atoms with Crippen LogP contribution in [-0.2, 0) is 0 Å². The number of rotatable bonds is 3. The number of fused-ring (bicyclic) bond motifs is 1. The molecular formula is C14H18N4O2. The highest BCUT2D eigenvalue weighted by Gasteiger charge is 2.19. The quantitative estimate of drug-likeness (QED) is 0.782. The van der Waals surface area contributed by atoms with Crippen molar-refractivity contribution in [2.75, 3.05) is 20.2 Å². The van der Waals surface area contributed by atoms with Crippen LogP contribution in [0.2, 0.25) is 0 Å². The van der Waals surface area contributed by atoms with Crippen LogP contribution in [0.25, 0.3) is 10.9 Å². The monoisotopic (exact) mass is 274 g/mol.